The van der Waals surface area contributed by atoms with Crippen molar-refractivity contribution in [3.05, 3.63) is 124 Å². The van der Waals surface area contributed by atoms with Crippen molar-refractivity contribution in [2.45, 2.75) is 93.8 Å². The molecule has 404 valence electrons. The minimum Gasteiger partial charge on any atom is -0.508 e. The predicted octanol–water partition coefficient (Wildman–Crippen LogP) is 1.72. The highest BCUT2D eigenvalue weighted by atomic mass is 35.5. The molecule has 1 heterocycles. The summed E-state index contributed by atoms with van der Waals surface area (Å²) in [5.41, 5.74) is 13.9. The van der Waals surface area contributed by atoms with Gasteiger partial charge in [-0.15, -0.1) is 0 Å². The van der Waals surface area contributed by atoms with E-state index in [-0.39, 0.29) is 71.5 Å². The summed E-state index contributed by atoms with van der Waals surface area (Å²) in [5.74, 6) is -6.41. The summed E-state index contributed by atoms with van der Waals surface area (Å²) in [6.45, 7) is 1.44. The number of amides is 6. The van der Waals surface area contributed by atoms with Gasteiger partial charge in [-0.25, -0.2) is 4.79 Å². The fraction of sp³-hybridized carbons (Fsp3) is 0.346. The predicted molar refractivity (Wildman–Crippen MR) is 291 cm³/mol. The molecule has 24 heteroatoms. The number of nitrogens with one attached hydrogen (secondary N) is 7. The molecule has 8 atom stereocenters. The molecule has 5 aromatic rings. The van der Waals surface area contributed by atoms with Gasteiger partial charge in [0.2, 0.25) is 41.5 Å². The molecule has 0 fully saturated rings. The summed E-state index contributed by atoms with van der Waals surface area (Å²) in [6.07, 6.45) is 1.81. The molecule has 0 aliphatic heterocycles. The minimum absolute atomic E-state index is 0.0254. The van der Waals surface area contributed by atoms with Gasteiger partial charge >= 0.3 is 0 Å². The summed E-state index contributed by atoms with van der Waals surface area (Å²) in [4.78, 5) is 116. The van der Waals surface area contributed by atoms with Crippen molar-refractivity contribution < 1.29 is 53.7 Å². The summed E-state index contributed by atoms with van der Waals surface area (Å²) in [6, 6.07) is 13.2. The molecular weight excluding hydrogens is 1040 g/mol. The number of fused-ring (bicyclic) bond motifs is 1. The van der Waals surface area contributed by atoms with Crippen LogP contribution in [0.2, 0.25) is 5.02 Å². The Morgan fingerprint density at radius 1 is 0.671 bits per heavy atom. The number of isocyanates is 1. The Hall–Kier alpha value is -7.24. The van der Waals surface area contributed by atoms with Crippen LogP contribution < -0.4 is 43.4 Å². The number of aromatic hydroxyl groups is 2. The van der Waals surface area contributed by atoms with Gasteiger partial charge in [-0.3, -0.25) is 33.6 Å². The van der Waals surface area contributed by atoms with Crippen molar-refractivity contribution in [1.29, 1.82) is 0 Å². The van der Waals surface area contributed by atoms with Crippen LogP contribution in [0.25, 0.3) is 10.9 Å². The van der Waals surface area contributed by atoms with E-state index in [0.29, 0.717) is 29.5 Å². The second-order valence-electron chi connectivity index (χ2n) is 17.8. The maximum Gasteiger partial charge on any atom is 0.245 e. The number of hydrogen-bond donors (Lipinski definition) is 14. The Morgan fingerprint density at radius 2 is 1.21 bits per heavy atom. The Morgan fingerprint density at radius 3 is 1.80 bits per heavy atom. The maximum absolute atomic E-state index is 14.6. The number of phenolic OH excluding ortho intramolecular Hbond substituents is 2. The topological polar surface area (TPSA) is 350 Å². The van der Waals surface area contributed by atoms with Gasteiger partial charge in [0.25, 0.3) is 0 Å². The van der Waals surface area contributed by atoms with Crippen LogP contribution in [0.15, 0.2) is 102 Å². The number of phenols is 2. The Labute approximate surface area is 453 Å². The van der Waals surface area contributed by atoms with E-state index in [4.69, 9.17) is 23.1 Å². The highest BCUT2D eigenvalue weighted by Gasteiger charge is 2.36. The number of aliphatic imine (C=N–C) groups is 1. The van der Waals surface area contributed by atoms with Crippen LogP contribution in [0.3, 0.4) is 0 Å². The number of carbonyl (C=O) groups excluding carboxylic acids is 8. The molecule has 14 N–H and O–H groups in total. The van der Waals surface area contributed by atoms with Gasteiger partial charge in [-0.1, -0.05) is 54.1 Å². The van der Waals surface area contributed by atoms with Gasteiger partial charge in [0, 0.05) is 58.5 Å². The van der Waals surface area contributed by atoms with Crippen LogP contribution in [0.5, 0.6) is 11.5 Å². The number of aromatic nitrogens is 1. The van der Waals surface area contributed by atoms with Crippen LogP contribution in [0.4, 0.5) is 5.69 Å². The number of halogens is 1. The van der Waals surface area contributed by atoms with Crippen molar-refractivity contribution in [2.75, 3.05) is 18.1 Å². The highest BCUT2D eigenvalue weighted by Crippen LogP contribution is 2.26. The molecule has 0 saturated carbocycles. The van der Waals surface area contributed by atoms with E-state index in [1.165, 1.54) is 67.6 Å². The third kappa shape index (κ3) is 17.1. The first-order valence-electron chi connectivity index (χ1n) is 24.1. The number of carbonyl (C=O) groups is 7. The molecule has 0 aliphatic rings. The number of rotatable bonds is 28. The van der Waals surface area contributed by atoms with Crippen LogP contribution in [-0.4, -0.2) is 134 Å². The fourth-order valence-corrected chi connectivity index (χ4v) is 8.57. The fourth-order valence-electron chi connectivity index (χ4n) is 7.98. The number of aliphatic hydroxyl groups excluding tert-OH is 1. The molecule has 0 spiro atoms. The lowest BCUT2D eigenvalue weighted by atomic mass is 9.96. The van der Waals surface area contributed by atoms with Crippen molar-refractivity contribution in [2.24, 2.45) is 16.5 Å². The van der Waals surface area contributed by atoms with E-state index in [2.05, 4.69) is 67.1 Å². The standard InChI is InChI=1S/C52H61ClN10O11S2/c1-28(65)45(52(74)62-44(26-76)51(73)59-41(20-29-9-14-33(66)15-10-29)46(68)36-23-32(53)13-18-39(36)57-27-64)63-48(70)40(8-4-5-19-54)58-50(72)43(22-31-24-56-38-7-3-2-6-35(31)38)61-49(71)42(60-47(69)37(55)25-75)21-30-11-16-34(67)17-12-30/h2-3,6-7,9-18,23-24,28,37,40-45,56,65-67,75-76H,4-5,8,19-22,25-26,54-55H2,1H3,(H,58,72)(H,59,73)(H,60,69)(H,61,71)(H,62,74)(H,63,70)/t28-,37+,40+,41-,42+,43-,44+,45+/m1/s1. The minimum atomic E-state index is -1.74. The number of Topliss-reactive ketones (excluding diaryl/α,β-unsaturated/α-hetero) is 1. The Bertz CT molecular complexity index is 2890. The summed E-state index contributed by atoms with van der Waals surface area (Å²) in [5, 5.41) is 47.2. The highest BCUT2D eigenvalue weighted by molar-refractivity contribution is 7.80. The zero-order valence-corrected chi connectivity index (χ0v) is 43.7. The molecule has 4 aromatic carbocycles. The first kappa shape index (κ1) is 59.6. The first-order chi connectivity index (χ1) is 36.3. The molecule has 0 unspecified atom stereocenters. The zero-order valence-electron chi connectivity index (χ0n) is 41.2. The van der Waals surface area contributed by atoms with Gasteiger partial charge in [0.15, 0.2) is 5.78 Å². The van der Waals surface area contributed by atoms with Crippen LogP contribution in [0.1, 0.15) is 53.2 Å². The average Bonchev–Trinajstić information content (AvgIpc) is 3.81. The first-order valence-corrected chi connectivity index (χ1v) is 25.7. The lowest BCUT2D eigenvalue weighted by Crippen LogP contribution is -2.62. The van der Waals surface area contributed by atoms with E-state index in [0.717, 1.165) is 10.9 Å². The van der Waals surface area contributed by atoms with Crippen LogP contribution in [-0.2, 0) is 52.8 Å². The van der Waals surface area contributed by atoms with Crippen molar-refractivity contribution in [3.63, 3.8) is 0 Å². The van der Waals surface area contributed by atoms with E-state index >= 15 is 0 Å². The lowest BCUT2D eigenvalue weighted by molar-refractivity contribution is -0.136. The maximum atomic E-state index is 14.6. The number of thiol groups is 2. The van der Waals surface area contributed by atoms with Crippen LogP contribution in [0, 0.1) is 0 Å². The van der Waals surface area contributed by atoms with Gasteiger partial charge in [0.05, 0.1) is 23.9 Å². The average molecular weight is 1100 g/mol. The van der Waals surface area contributed by atoms with Gasteiger partial charge < -0.3 is 63.7 Å². The monoisotopic (exact) mass is 1100 g/mol. The Balaban J connectivity index is 1.39. The second kappa shape index (κ2) is 29.2. The smallest absolute Gasteiger partial charge is 0.245 e. The molecule has 0 radical (unpaired) electrons. The van der Waals surface area contributed by atoms with Crippen molar-refractivity contribution in [3.8, 4) is 11.5 Å². The lowest BCUT2D eigenvalue weighted by Gasteiger charge is -2.28. The normalized spacial score (nSPS) is 14.2. The number of H-pyrrole nitrogens is 1. The van der Waals surface area contributed by atoms with Gasteiger partial charge in [-0.2, -0.15) is 30.2 Å². The van der Waals surface area contributed by atoms with Crippen LogP contribution >= 0.6 is 36.9 Å². The number of hydrogen-bond acceptors (Lipinski definition) is 16. The molecule has 1 aromatic heterocycles. The molecule has 6 amide bonds. The summed E-state index contributed by atoms with van der Waals surface area (Å²) >= 11 is 14.6. The summed E-state index contributed by atoms with van der Waals surface area (Å²) < 4.78 is 0. The van der Waals surface area contributed by atoms with Crippen molar-refractivity contribution in [1.82, 2.24) is 36.9 Å². The number of nitrogens with two attached hydrogens (primary N) is 2. The number of aliphatic hydroxyl groups is 1. The molecular formula is C52H61ClN10O11S2. The quantitative estimate of drug-likeness (QED) is 0.0112. The number of nitrogens with zero attached hydrogens (tertiary/aromatic N) is 1. The molecule has 21 nitrogen and oxygen atoms in total. The van der Waals surface area contributed by atoms with E-state index < -0.39 is 89.6 Å². The third-order valence-corrected chi connectivity index (χ3v) is 13.1. The largest absolute Gasteiger partial charge is 0.508 e. The van der Waals surface area contributed by atoms with E-state index in [9.17, 15) is 53.7 Å². The number of unbranched alkanes of at least 4 members (excludes halogenated alkanes) is 1. The number of aromatic amines is 1. The number of para-hydroxylation sites is 1. The van der Waals surface area contributed by atoms with Gasteiger partial charge in [0.1, 0.15) is 41.7 Å². The van der Waals surface area contributed by atoms with E-state index in [1.807, 2.05) is 18.2 Å². The summed E-state index contributed by atoms with van der Waals surface area (Å²) in [7, 11) is 0. The van der Waals surface area contributed by atoms with E-state index in [1.54, 1.807) is 24.4 Å². The molecule has 0 bridgehead atoms. The molecule has 0 aliphatic carbocycles. The SMILES string of the molecule is C[C@@H](O)[C@H](NC(=O)[C@H](CCCCN)NC(=O)[C@@H](Cc1c[nH]c2ccccc12)NC(=O)[C@H](Cc1ccc(O)cc1)NC(=O)[C@@H](N)CS)C(=O)N[C@@H](CS)C(=O)N[C@H](Cc1ccc(O)cc1)C(=O)c1cc(Cl)ccc1N=C=O. The molecule has 0 saturated heterocycles. The Kier molecular flexibility index (Phi) is 22.9. The van der Waals surface area contributed by atoms with Crippen molar-refractivity contribution >= 4 is 101 Å². The number of benzene rings is 4. The second-order valence-corrected chi connectivity index (χ2v) is 19.0. The zero-order chi connectivity index (χ0) is 55.5. The van der Waals surface area contributed by atoms with Gasteiger partial charge in [-0.05, 0) is 98.0 Å². The molecule has 5 rings (SSSR count). The number of ketones is 1. The molecule has 76 heavy (non-hydrogen) atoms. The third-order valence-electron chi connectivity index (χ3n) is 12.1.